The zero-order valence-electron chi connectivity index (χ0n) is 21.5. The van der Waals surface area contributed by atoms with E-state index in [1.807, 2.05) is 30.3 Å². The fourth-order valence-corrected chi connectivity index (χ4v) is 5.47. The van der Waals surface area contributed by atoms with Gasteiger partial charge in [-0.1, -0.05) is 24.3 Å². The molecule has 0 radical (unpaired) electrons. The first-order valence-corrected chi connectivity index (χ1v) is 12.6. The Morgan fingerprint density at radius 2 is 1.86 bits per heavy atom. The summed E-state index contributed by atoms with van der Waals surface area (Å²) in [4.78, 5) is 4.86. The van der Waals surface area contributed by atoms with Crippen LogP contribution >= 0.6 is 0 Å². The van der Waals surface area contributed by atoms with Crippen molar-refractivity contribution in [1.82, 2.24) is 14.6 Å². The van der Waals surface area contributed by atoms with E-state index >= 15 is 0 Å². The molecule has 1 aliphatic heterocycles. The first-order chi connectivity index (χ1) is 17.7. The highest BCUT2D eigenvalue weighted by Gasteiger charge is 2.31. The average molecular weight is 504 g/mol. The van der Waals surface area contributed by atoms with E-state index in [1.54, 1.807) is 27.1 Å². The van der Waals surface area contributed by atoms with Crippen molar-refractivity contribution >= 4 is 27.6 Å². The van der Waals surface area contributed by atoms with Gasteiger partial charge in [0.25, 0.3) is 0 Å². The van der Waals surface area contributed by atoms with Crippen LogP contribution in [-0.4, -0.2) is 39.9 Å². The quantitative estimate of drug-likeness (QED) is 0.262. The van der Waals surface area contributed by atoms with Gasteiger partial charge in [0.1, 0.15) is 5.82 Å². The van der Waals surface area contributed by atoms with Gasteiger partial charge in [0, 0.05) is 43.6 Å². The van der Waals surface area contributed by atoms with E-state index in [4.69, 9.17) is 21.3 Å². The third-order valence-electron chi connectivity index (χ3n) is 7.38. The second-order valence-electron chi connectivity index (χ2n) is 10.4. The second kappa shape index (κ2) is 9.78. The minimum Gasteiger partial charge on any atom is -0.403 e. The molecule has 0 aliphatic carbocycles. The topological polar surface area (TPSA) is 103 Å². The van der Waals surface area contributed by atoms with Gasteiger partial charge in [0.15, 0.2) is 0 Å². The number of nitrogens with two attached hydrogens (primary N) is 2. The van der Waals surface area contributed by atoms with Gasteiger partial charge in [-0.15, -0.1) is 0 Å². The van der Waals surface area contributed by atoms with Crippen molar-refractivity contribution in [3.63, 3.8) is 0 Å². The van der Waals surface area contributed by atoms with Crippen LogP contribution in [0, 0.1) is 11.7 Å². The SMILES string of the molecule is CN(N)/C(=C\N)c1cnc2c3ccc(C(C)(C)O)cc3n(C(c3ccc(F)cc3)C3CCOCC3)c2c1. The highest BCUT2D eigenvalue weighted by molar-refractivity contribution is 6.06. The molecular formula is C29H34FN5O2. The van der Waals surface area contributed by atoms with E-state index in [2.05, 4.69) is 10.6 Å². The lowest BCUT2D eigenvalue weighted by Crippen LogP contribution is -2.27. The largest absolute Gasteiger partial charge is 0.403 e. The third kappa shape index (κ3) is 4.68. The molecule has 2 aromatic heterocycles. The number of fused-ring (bicyclic) bond motifs is 3. The van der Waals surface area contributed by atoms with Gasteiger partial charge >= 0.3 is 0 Å². The summed E-state index contributed by atoms with van der Waals surface area (Å²) in [5.41, 5.74) is 10.9. The van der Waals surface area contributed by atoms with Crippen LogP contribution in [0.15, 0.2) is 60.9 Å². The first-order valence-electron chi connectivity index (χ1n) is 12.6. The molecule has 1 saturated heterocycles. The number of hydrogen-bond acceptors (Lipinski definition) is 6. The second-order valence-corrected chi connectivity index (χ2v) is 10.4. The molecule has 194 valence electrons. The normalized spacial score (nSPS) is 16.4. The lowest BCUT2D eigenvalue weighted by atomic mass is 9.86. The Kier molecular flexibility index (Phi) is 6.66. The maximum atomic E-state index is 14.0. The van der Waals surface area contributed by atoms with Gasteiger partial charge in [-0.2, -0.15) is 0 Å². The van der Waals surface area contributed by atoms with Crippen molar-refractivity contribution in [2.45, 2.75) is 38.3 Å². The summed E-state index contributed by atoms with van der Waals surface area (Å²) < 4.78 is 22.0. The number of aromatic nitrogens is 2. The van der Waals surface area contributed by atoms with Crippen LogP contribution in [0.3, 0.4) is 0 Å². The summed E-state index contributed by atoms with van der Waals surface area (Å²) in [6.45, 7) is 4.91. The standard InChI is InChI=1S/C29H34FN5O2/c1-29(2,36)21-6-9-23-24(15-21)35(25-14-20(17-33-27(23)25)26(16-31)34(3)32)28(19-10-12-37-13-11-19)18-4-7-22(30)8-5-18/h4-9,14-17,19,28,36H,10-13,31-32H2,1-3H3/b26-16-. The Labute approximate surface area is 216 Å². The minimum atomic E-state index is -1.02. The van der Waals surface area contributed by atoms with Gasteiger partial charge in [-0.3, -0.25) is 4.98 Å². The maximum absolute atomic E-state index is 14.0. The van der Waals surface area contributed by atoms with Crippen molar-refractivity contribution in [3.05, 3.63) is 83.4 Å². The van der Waals surface area contributed by atoms with E-state index < -0.39 is 5.60 Å². The van der Waals surface area contributed by atoms with Gasteiger partial charge in [0.2, 0.25) is 0 Å². The minimum absolute atomic E-state index is 0.0977. The van der Waals surface area contributed by atoms with Crippen LogP contribution in [0.1, 0.15) is 49.4 Å². The number of hydrazine groups is 1. The number of rotatable bonds is 6. The number of pyridine rings is 1. The molecule has 1 atom stereocenters. The first kappa shape index (κ1) is 25.2. The number of halogens is 1. The molecule has 7 nitrogen and oxygen atoms in total. The van der Waals surface area contributed by atoms with Crippen LogP contribution < -0.4 is 11.6 Å². The third-order valence-corrected chi connectivity index (χ3v) is 7.38. The van der Waals surface area contributed by atoms with Crippen molar-refractivity contribution in [2.75, 3.05) is 20.3 Å². The summed E-state index contributed by atoms with van der Waals surface area (Å²) in [5.74, 6) is 6.05. The van der Waals surface area contributed by atoms with E-state index in [0.717, 1.165) is 51.5 Å². The molecule has 3 heterocycles. The number of nitrogens with zero attached hydrogens (tertiary/aromatic N) is 3. The fourth-order valence-electron chi connectivity index (χ4n) is 5.47. The summed E-state index contributed by atoms with van der Waals surface area (Å²) in [7, 11) is 1.73. The van der Waals surface area contributed by atoms with Gasteiger partial charge < -0.3 is 25.2 Å². The molecule has 1 fully saturated rings. The van der Waals surface area contributed by atoms with E-state index in [-0.39, 0.29) is 17.8 Å². The van der Waals surface area contributed by atoms with E-state index in [9.17, 15) is 9.50 Å². The lowest BCUT2D eigenvalue weighted by Gasteiger charge is -2.33. The Morgan fingerprint density at radius 3 is 2.49 bits per heavy atom. The summed E-state index contributed by atoms with van der Waals surface area (Å²) in [5, 5.41) is 13.3. The van der Waals surface area contributed by atoms with E-state index in [1.165, 1.54) is 23.3 Å². The Bertz CT molecular complexity index is 1450. The maximum Gasteiger partial charge on any atom is 0.123 e. The van der Waals surface area contributed by atoms with Crippen LogP contribution in [0.25, 0.3) is 27.6 Å². The predicted molar refractivity (Wildman–Crippen MR) is 145 cm³/mol. The average Bonchev–Trinajstić information content (AvgIpc) is 3.19. The molecule has 5 rings (SSSR count). The van der Waals surface area contributed by atoms with Crippen molar-refractivity contribution in [2.24, 2.45) is 17.5 Å². The van der Waals surface area contributed by atoms with Gasteiger partial charge in [0.05, 0.1) is 33.9 Å². The molecule has 0 saturated carbocycles. The molecule has 8 heteroatoms. The number of hydrogen-bond donors (Lipinski definition) is 3. The highest BCUT2D eigenvalue weighted by atomic mass is 19.1. The lowest BCUT2D eigenvalue weighted by molar-refractivity contribution is 0.0552. The Balaban J connectivity index is 1.86. The number of aliphatic hydroxyl groups is 1. The zero-order valence-corrected chi connectivity index (χ0v) is 21.5. The molecule has 1 aliphatic rings. The molecule has 0 spiro atoms. The van der Waals surface area contributed by atoms with Crippen LogP contribution in [0.2, 0.25) is 0 Å². The Morgan fingerprint density at radius 1 is 1.16 bits per heavy atom. The van der Waals surface area contributed by atoms with Gasteiger partial charge in [-0.05, 0) is 68.0 Å². The smallest absolute Gasteiger partial charge is 0.123 e. The molecule has 0 amide bonds. The van der Waals surface area contributed by atoms with E-state index in [0.29, 0.717) is 18.9 Å². The highest BCUT2D eigenvalue weighted by Crippen LogP contribution is 2.41. The molecule has 2 aromatic carbocycles. The van der Waals surface area contributed by atoms with Crippen molar-refractivity contribution < 1.29 is 14.2 Å². The van der Waals surface area contributed by atoms with Crippen molar-refractivity contribution in [1.29, 1.82) is 0 Å². The van der Waals surface area contributed by atoms with Crippen LogP contribution in [0.4, 0.5) is 4.39 Å². The molecule has 1 unspecified atom stereocenters. The fraction of sp³-hybridized carbons (Fsp3) is 0.345. The number of benzene rings is 2. The van der Waals surface area contributed by atoms with Crippen LogP contribution in [-0.2, 0) is 10.3 Å². The zero-order chi connectivity index (χ0) is 26.3. The summed E-state index contributed by atoms with van der Waals surface area (Å²) in [6, 6.07) is 14.7. The number of ether oxygens (including phenoxy) is 1. The predicted octanol–water partition coefficient (Wildman–Crippen LogP) is 4.63. The molecule has 4 aromatic rings. The molecule has 5 N–H and O–H groups in total. The van der Waals surface area contributed by atoms with Crippen molar-refractivity contribution in [3.8, 4) is 0 Å². The Hall–Kier alpha value is -3.46. The summed E-state index contributed by atoms with van der Waals surface area (Å²) >= 11 is 0. The molecule has 37 heavy (non-hydrogen) atoms. The van der Waals surface area contributed by atoms with Crippen LogP contribution in [0.5, 0.6) is 0 Å². The van der Waals surface area contributed by atoms with Gasteiger partial charge in [-0.25, -0.2) is 10.2 Å². The summed E-state index contributed by atoms with van der Waals surface area (Å²) in [6.07, 6.45) is 5.00. The monoisotopic (exact) mass is 503 g/mol. The molecular weight excluding hydrogens is 469 g/mol. The molecule has 0 bridgehead atoms.